The monoisotopic (exact) mass is 525 g/mol. The average molecular weight is 526 g/mol. The minimum atomic E-state index is -0.303. The van der Waals surface area contributed by atoms with E-state index in [9.17, 15) is 0 Å². The predicted octanol–water partition coefficient (Wildman–Crippen LogP) is 10.2. The maximum absolute atomic E-state index is 2.49. The van der Waals surface area contributed by atoms with Crippen molar-refractivity contribution < 1.29 is 0 Å². The van der Waals surface area contributed by atoms with Gasteiger partial charge in [-0.05, 0) is 82.1 Å². The fraction of sp³-hybridized carbons (Fsp3) is 0.100. The predicted molar refractivity (Wildman–Crippen MR) is 172 cm³/mol. The van der Waals surface area contributed by atoms with Crippen molar-refractivity contribution in [3.63, 3.8) is 0 Å². The van der Waals surface area contributed by atoms with Crippen LogP contribution in [0.5, 0.6) is 0 Å². The lowest BCUT2D eigenvalue weighted by Crippen LogP contribution is -2.27. The molecule has 0 amide bonds. The van der Waals surface area contributed by atoms with Gasteiger partial charge in [-0.25, -0.2) is 0 Å². The molecule has 6 aromatic carbocycles. The van der Waals surface area contributed by atoms with Crippen molar-refractivity contribution in [3.8, 4) is 33.4 Å². The van der Waals surface area contributed by atoms with E-state index >= 15 is 0 Å². The van der Waals surface area contributed by atoms with Crippen LogP contribution < -0.4 is 4.90 Å². The Bertz CT molecular complexity index is 1890. The van der Waals surface area contributed by atoms with Gasteiger partial charge in [-0.1, -0.05) is 127 Å². The number of benzene rings is 6. The average Bonchev–Trinajstić information content (AvgIpc) is 3.49. The number of rotatable bonds is 4. The first-order valence-electron chi connectivity index (χ1n) is 14.6. The van der Waals surface area contributed by atoms with E-state index < -0.39 is 0 Å². The molecule has 0 unspecified atom stereocenters. The molecule has 0 atom stereocenters. The molecule has 1 spiro atoms. The Morgan fingerprint density at radius 3 is 1.49 bits per heavy atom. The summed E-state index contributed by atoms with van der Waals surface area (Å²) in [6, 6.07) is 54.0. The SMILES string of the molecule is CC(C)N(c1ccc2c(c1)-c1ccccc1C21c2ccccc2-c2ccccc21)c1ccccc1-c1ccccc1. The number of nitrogens with zero attached hydrogens (tertiary/aromatic N) is 1. The Balaban J connectivity index is 1.38. The highest BCUT2D eigenvalue weighted by atomic mass is 15.2. The zero-order valence-corrected chi connectivity index (χ0v) is 23.4. The summed E-state index contributed by atoms with van der Waals surface area (Å²) in [6.07, 6.45) is 0. The summed E-state index contributed by atoms with van der Waals surface area (Å²) >= 11 is 0. The van der Waals surface area contributed by atoms with E-state index in [4.69, 9.17) is 0 Å². The molecule has 2 aliphatic carbocycles. The van der Waals surface area contributed by atoms with Crippen LogP contribution in [0, 0.1) is 0 Å². The summed E-state index contributed by atoms with van der Waals surface area (Å²) in [4.78, 5) is 2.49. The summed E-state index contributed by atoms with van der Waals surface area (Å²) in [7, 11) is 0. The van der Waals surface area contributed by atoms with E-state index in [-0.39, 0.29) is 11.5 Å². The van der Waals surface area contributed by atoms with Crippen LogP contribution in [0.25, 0.3) is 33.4 Å². The number of fused-ring (bicyclic) bond motifs is 10. The first kappa shape index (κ1) is 24.0. The van der Waals surface area contributed by atoms with Crippen LogP contribution in [0.1, 0.15) is 36.1 Å². The van der Waals surface area contributed by atoms with Gasteiger partial charge in [0.25, 0.3) is 0 Å². The van der Waals surface area contributed by atoms with E-state index in [1.807, 2.05) is 0 Å². The zero-order chi connectivity index (χ0) is 27.6. The van der Waals surface area contributed by atoms with Gasteiger partial charge in [-0.15, -0.1) is 0 Å². The molecule has 1 heteroatoms. The lowest BCUT2D eigenvalue weighted by molar-refractivity contribution is 0.783. The van der Waals surface area contributed by atoms with Crippen LogP contribution in [0.4, 0.5) is 11.4 Å². The van der Waals surface area contributed by atoms with E-state index in [2.05, 4.69) is 164 Å². The molecule has 8 rings (SSSR count). The second kappa shape index (κ2) is 9.08. The molecule has 0 aromatic heterocycles. The van der Waals surface area contributed by atoms with Gasteiger partial charge in [-0.2, -0.15) is 0 Å². The van der Waals surface area contributed by atoms with E-state index in [0.717, 1.165) is 0 Å². The maximum Gasteiger partial charge on any atom is 0.0725 e. The summed E-state index contributed by atoms with van der Waals surface area (Å²) in [5.74, 6) is 0. The number of anilines is 2. The van der Waals surface area contributed by atoms with Crippen LogP contribution in [0.3, 0.4) is 0 Å². The molecule has 0 N–H and O–H groups in total. The second-order valence-corrected chi connectivity index (χ2v) is 11.5. The minimum Gasteiger partial charge on any atom is -0.338 e. The molecule has 6 aromatic rings. The molecule has 0 saturated heterocycles. The Labute approximate surface area is 242 Å². The zero-order valence-electron chi connectivity index (χ0n) is 23.4. The largest absolute Gasteiger partial charge is 0.338 e. The normalized spacial score (nSPS) is 13.5. The van der Waals surface area contributed by atoms with Gasteiger partial charge in [-0.3, -0.25) is 0 Å². The Hall–Kier alpha value is -4.88. The first-order chi connectivity index (χ1) is 20.2. The molecule has 0 heterocycles. The van der Waals surface area contributed by atoms with Crippen molar-refractivity contribution in [2.24, 2.45) is 0 Å². The van der Waals surface area contributed by atoms with Gasteiger partial charge >= 0.3 is 0 Å². The van der Waals surface area contributed by atoms with Crippen molar-refractivity contribution in [2.45, 2.75) is 25.3 Å². The summed E-state index contributed by atoms with van der Waals surface area (Å²) in [6.45, 7) is 4.57. The lowest BCUT2D eigenvalue weighted by Gasteiger charge is -2.33. The van der Waals surface area contributed by atoms with Crippen molar-refractivity contribution >= 4 is 11.4 Å². The fourth-order valence-electron chi connectivity index (χ4n) is 7.50. The molecule has 0 radical (unpaired) electrons. The molecular formula is C40H31N. The number of hydrogen-bond acceptors (Lipinski definition) is 1. The van der Waals surface area contributed by atoms with Gasteiger partial charge in [0, 0.05) is 23.0 Å². The van der Waals surface area contributed by atoms with Crippen LogP contribution >= 0.6 is 0 Å². The highest BCUT2D eigenvalue weighted by Gasteiger charge is 2.51. The van der Waals surface area contributed by atoms with Gasteiger partial charge in [0.15, 0.2) is 0 Å². The Morgan fingerprint density at radius 2 is 0.902 bits per heavy atom. The first-order valence-corrected chi connectivity index (χ1v) is 14.6. The van der Waals surface area contributed by atoms with Crippen molar-refractivity contribution in [2.75, 3.05) is 4.90 Å². The number of para-hydroxylation sites is 1. The highest BCUT2D eigenvalue weighted by molar-refractivity contribution is 5.96. The van der Waals surface area contributed by atoms with E-state index in [1.165, 1.54) is 67.0 Å². The van der Waals surface area contributed by atoms with E-state index in [1.54, 1.807) is 0 Å². The highest BCUT2D eigenvalue weighted by Crippen LogP contribution is 2.63. The molecule has 0 saturated carbocycles. The molecule has 1 nitrogen and oxygen atoms in total. The standard InChI is InChI=1S/C40H31N/c1-27(2)41(39-23-13-9-16-30(39)28-14-4-3-5-15-28)29-24-25-38-34(26-29)33-19-8-12-22-37(33)40(38)35-20-10-6-17-31(35)32-18-7-11-21-36(32)40/h3-27H,1-2H3. The van der Waals surface area contributed by atoms with Gasteiger partial charge in [0.05, 0.1) is 5.41 Å². The third-order valence-corrected chi connectivity index (χ3v) is 9.02. The van der Waals surface area contributed by atoms with Crippen molar-refractivity contribution in [3.05, 3.63) is 168 Å². The molecule has 0 aliphatic heterocycles. The fourth-order valence-corrected chi connectivity index (χ4v) is 7.50. The molecule has 0 fully saturated rings. The van der Waals surface area contributed by atoms with E-state index in [0.29, 0.717) is 0 Å². The molecule has 196 valence electrons. The third kappa shape index (κ3) is 3.30. The molecule has 0 bridgehead atoms. The molecular weight excluding hydrogens is 494 g/mol. The minimum absolute atomic E-state index is 0.274. The van der Waals surface area contributed by atoms with Crippen LogP contribution in [-0.2, 0) is 5.41 Å². The Morgan fingerprint density at radius 1 is 0.439 bits per heavy atom. The summed E-state index contributed by atoms with van der Waals surface area (Å²) in [5.41, 5.74) is 15.5. The topological polar surface area (TPSA) is 3.24 Å². The summed E-state index contributed by atoms with van der Waals surface area (Å²) in [5, 5.41) is 0. The van der Waals surface area contributed by atoms with Crippen molar-refractivity contribution in [1.82, 2.24) is 0 Å². The number of hydrogen-bond donors (Lipinski definition) is 0. The smallest absolute Gasteiger partial charge is 0.0725 e. The van der Waals surface area contributed by atoms with Gasteiger partial charge in [0.1, 0.15) is 0 Å². The summed E-state index contributed by atoms with van der Waals surface area (Å²) < 4.78 is 0. The maximum atomic E-state index is 2.49. The molecule has 41 heavy (non-hydrogen) atoms. The second-order valence-electron chi connectivity index (χ2n) is 11.5. The van der Waals surface area contributed by atoms with Gasteiger partial charge in [0.2, 0.25) is 0 Å². The van der Waals surface area contributed by atoms with Gasteiger partial charge < -0.3 is 4.90 Å². The lowest BCUT2D eigenvalue weighted by atomic mass is 9.70. The quantitative estimate of drug-likeness (QED) is 0.221. The Kier molecular flexibility index (Phi) is 5.30. The van der Waals surface area contributed by atoms with Crippen molar-refractivity contribution in [1.29, 1.82) is 0 Å². The van der Waals surface area contributed by atoms with Crippen LogP contribution in [0.15, 0.2) is 146 Å². The molecule has 2 aliphatic rings. The third-order valence-electron chi connectivity index (χ3n) is 9.02. The van der Waals surface area contributed by atoms with Crippen LogP contribution in [-0.4, -0.2) is 6.04 Å². The van der Waals surface area contributed by atoms with Crippen LogP contribution in [0.2, 0.25) is 0 Å².